The molecule has 2 aliphatic rings. The average Bonchev–Trinajstić information content (AvgIpc) is 3.33. The normalized spacial score (nSPS) is 19.1. The topological polar surface area (TPSA) is 84.2 Å². The summed E-state index contributed by atoms with van der Waals surface area (Å²) in [6.07, 6.45) is -1.06. The number of benzene rings is 2. The van der Waals surface area contributed by atoms with Gasteiger partial charge >= 0.3 is 11.6 Å². The molecular weight excluding hydrogens is 400 g/mol. The molecule has 7 nitrogen and oxygen atoms in total. The van der Waals surface area contributed by atoms with E-state index in [2.05, 4.69) is 0 Å². The first-order valence-electron chi connectivity index (χ1n) is 9.06. The number of hydrogen-bond donors (Lipinski definition) is 0. The molecule has 2 atom stereocenters. The van der Waals surface area contributed by atoms with E-state index in [-0.39, 0.29) is 19.0 Å². The molecule has 1 aromatic heterocycles. The van der Waals surface area contributed by atoms with Gasteiger partial charge in [0.15, 0.2) is 11.5 Å². The molecule has 0 spiro atoms. The number of fused-ring (bicyclic) bond motifs is 4. The number of hydrogen-bond acceptors (Lipinski definition) is 7. The maximum Gasteiger partial charge on any atom is 0.348 e. The Morgan fingerprint density at radius 3 is 2.86 bits per heavy atom. The van der Waals surface area contributed by atoms with Crippen molar-refractivity contribution >= 4 is 28.5 Å². The van der Waals surface area contributed by atoms with Crippen molar-refractivity contribution in [1.29, 1.82) is 0 Å². The lowest BCUT2D eigenvalue weighted by Gasteiger charge is -2.18. The SMILES string of the molecule is CCOC(=O)[C@@H]1Oc2c(c(=O)oc3ccccc23)[C@H]1c1cc(Cl)c2c(c1)OCO2. The summed E-state index contributed by atoms with van der Waals surface area (Å²) in [6.45, 7) is 1.93. The van der Waals surface area contributed by atoms with E-state index in [1.165, 1.54) is 0 Å². The van der Waals surface area contributed by atoms with Crippen LogP contribution in [0, 0.1) is 0 Å². The van der Waals surface area contributed by atoms with E-state index in [9.17, 15) is 9.59 Å². The number of halogens is 1. The van der Waals surface area contributed by atoms with Gasteiger partial charge in [0.2, 0.25) is 12.9 Å². The van der Waals surface area contributed by atoms with Crippen molar-refractivity contribution in [1.82, 2.24) is 0 Å². The summed E-state index contributed by atoms with van der Waals surface area (Å²) in [5.41, 5.74) is 0.614. The first-order chi connectivity index (χ1) is 14.1. The minimum absolute atomic E-state index is 0.0460. The molecule has 29 heavy (non-hydrogen) atoms. The second-order valence-corrected chi connectivity index (χ2v) is 7.04. The van der Waals surface area contributed by atoms with Gasteiger partial charge in [0.05, 0.1) is 28.5 Å². The fourth-order valence-electron chi connectivity index (χ4n) is 3.79. The second-order valence-electron chi connectivity index (χ2n) is 6.63. The highest BCUT2D eigenvalue weighted by molar-refractivity contribution is 6.32. The van der Waals surface area contributed by atoms with Crippen molar-refractivity contribution in [2.75, 3.05) is 13.4 Å². The predicted molar refractivity (Wildman–Crippen MR) is 103 cm³/mol. The number of carbonyl (C=O) groups excluding carboxylic acids is 1. The fourth-order valence-corrected chi connectivity index (χ4v) is 4.07. The Morgan fingerprint density at radius 2 is 2.03 bits per heavy atom. The quantitative estimate of drug-likeness (QED) is 0.478. The third-order valence-electron chi connectivity index (χ3n) is 4.99. The molecule has 0 unspecified atom stereocenters. The van der Waals surface area contributed by atoms with Crippen molar-refractivity contribution in [3.63, 3.8) is 0 Å². The molecule has 8 heteroatoms. The van der Waals surface area contributed by atoms with Crippen LogP contribution >= 0.6 is 11.6 Å². The second kappa shape index (κ2) is 6.70. The summed E-state index contributed by atoms with van der Waals surface area (Å²) in [5, 5.41) is 0.918. The van der Waals surface area contributed by atoms with Crippen molar-refractivity contribution in [2.45, 2.75) is 18.9 Å². The van der Waals surface area contributed by atoms with Crippen LogP contribution in [0.1, 0.15) is 24.0 Å². The molecule has 0 saturated heterocycles. The molecule has 0 saturated carbocycles. The van der Waals surface area contributed by atoms with E-state index in [0.717, 1.165) is 0 Å². The van der Waals surface area contributed by atoms with Crippen molar-refractivity contribution in [3.05, 3.63) is 63.0 Å². The van der Waals surface area contributed by atoms with Gasteiger partial charge in [0.1, 0.15) is 11.3 Å². The molecule has 3 heterocycles. The maximum absolute atomic E-state index is 12.9. The molecule has 3 aromatic rings. The predicted octanol–water partition coefficient (Wildman–Crippen LogP) is 3.63. The number of ether oxygens (including phenoxy) is 4. The molecule has 2 aliphatic heterocycles. The van der Waals surface area contributed by atoms with Gasteiger partial charge in [-0.2, -0.15) is 0 Å². The summed E-state index contributed by atoms with van der Waals surface area (Å²) in [5.74, 6) is -0.168. The Balaban J connectivity index is 1.74. The minimum atomic E-state index is -1.06. The highest BCUT2D eigenvalue weighted by Gasteiger charge is 2.45. The third-order valence-corrected chi connectivity index (χ3v) is 5.27. The fraction of sp³-hybridized carbons (Fsp3) is 0.238. The van der Waals surface area contributed by atoms with Crippen molar-refractivity contribution in [3.8, 4) is 17.2 Å². The number of carbonyl (C=O) groups is 1. The number of esters is 1. The van der Waals surface area contributed by atoms with Crippen LogP contribution in [-0.4, -0.2) is 25.5 Å². The highest BCUT2D eigenvalue weighted by atomic mass is 35.5. The summed E-state index contributed by atoms with van der Waals surface area (Å²) in [4.78, 5) is 25.6. The van der Waals surface area contributed by atoms with E-state index in [1.54, 1.807) is 43.3 Å². The summed E-state index contributed by atoms with van der Waals surface area (Å²) in [6, 6.07) is 10.3. The Morgan fingerprint density at radius 1 is 1.21 bits per heavy atom. The van der Waals surface area contributed by atoms with Crippen LogP contribution in [0.15, 0.2) is 45.6 Å². The largest absolute Gasteiger partial charge is 0.476 e. The monoisotopic (exact) mass is 414 g/mol. The van der Waals surface area contributed by atoms with Crippen LogP contribution in [0.25, 0.3) is 11.0 Å². The molecule has 0 amide bonds. The van der Waals surface area contributed by atoms with E-state index >= 15 is 0 Å². The number of rotatable bonds is 3. The van der Waals surface area contributed by atoms with E-state index < -0.39 is 23.6 Å². The van der Waals surface area contributed by atoms with Gasteiger partial charge < -0.3 is 23.4 Å². The van der Waals surface area contributed by atoms with Crippen LogP contribution in [0.4, 0.5) is 0 Å². The lowest BCUT2D eigenvalue weighted by atomic mass is 9.88. The molecule has 0 bridgehead atoms. The van der Waals surface area contributed by atoms with Crippen molar-refractivity contribution in [2.24, 2.45) is 0 Å². The average molecular weight is 415 g/mol. The van der Waals surface area contributed by atoms with Gasteiger partial charge in [0, 0.05) is 0 Å². The van der Waals surface area contributed by atoms with E-state index in [1.807, 2.05) is 0 Å². The zero-order valence-corrected chi connectivity index (χ0v) is 16.0. The lowest BCUT2D eigenvalue weighted by molar-refractivity contribution is -0.151. The Bertz CT molecular complexity index is 1200. The van der Waals surface area contributed by atoms with Gasteiger partial charge in [-0.25, -0.2) is 9.59 Å². The molecule has 0 N–H and O–H groups in total. The Labute approximate surface area is 169 Å². The molecule has 0 fully saturated rings. The Hall–Kier alpha value is -3.19. The summed E-state index contributed by atoms with van der Waals surface area (Å²) < 4.78 is 27.5. The molecule has 148 valence electrons. The Kier molecular flexibility index (Phi) is 4.13. The zero-order valence-electron chi connectivity index (χ0n) is 15.3. The molecule has 2 aromatic carbocycles. The first-order valence-corrected chi connectivity index (χ1v) is 9.44. The molecule has 5 rings (SSSR count). The van der Waals surface area contributed by atoms with Crippen LogP contribution in [0.2, 0.25) is 5.02 Å². The van der Waals surface area contributed by atoms with Gasteiger partial charge in [-0.1, -0.05) is 23.7 Å². The summed E-state index contributed by atoms with van der Waals surface area (Å²) in [7, 11) is 0. The van der Waals surface area contributed by atoms with E-state index in [4.69, 9.17) is 35.0 Å². The minimum Gasteiger partial charge on any atom is -0.476 e. The first kappa shape index (κ1) is 17.9. The standard InChI is InChI=1S/C21H15ClO7/c1-2-25-21(24)19-15(10-7-12(22)18-14(8-10)26-9-27-18)16-17(29-19)11-5-3-4-6-13(11)28-20(16)23/h3-8,15,19H,2,9H2,1H3/t15-,19-/m1/s1. The molecule has 0 aliphatic carbocycles. The lowest BCUT2D eigenvalue weighted by Crippen LogP contribution is -2.32. The third kappa shape index (κ3) is 2.73. The van der Waals surface area contributed by atoms with Gasteiger partial charge in [0.25, 0.3) is 0 Å². The number of para-hydroxylation sites is 1. The van der Waals surface area contributed by atoms with Gasteiger partial charge in [-0.15, -0.1) is 0 Å². The van der Waals surface area contributed by atoms with E-state index in [0.29, 0.717) is 38.8 Å². The molecule has 0 radical (unpaired) electrons. The maximum atomic E-state index is 12.9. The van der Waals surface area contributed by atoms with Crippen LogP contribution in [0.5, 0.6) is 17.2 Å². The van der Waals surface area contributed by atoms with Crippen molar-refractivity contribution < 1.29 is 28.2 Å². The molecular formula is C21H15ClO7. The zero-order chi connectivity index (χ0) is 20.1. The smallest absolute Gasteiger partial charge is 0.348 e. The van der Waals surface area contributed by atoms with Gasteiger partial charge in [-0.3, -0.25) is 0 Å². The highest BCUT2D eigenvalue weighted by Crippen LogP contribution is 2.48. The summed E-state index contributed by atoms with van der Waals surface area (Å²) >= 11 is 6.34. The van der Waals surface area contributed by atoms with Crippen LogP contribution < -0.4 is 19.8 Å². The van der Waals surface area contributed by atoms with Crippen LogP contribution in [0.3, 0.4) is 0 Å². The van der Waals surface area contributed by atoms with Crippen LogP contribution in [-0.2, 0) is 9.53 Å². The van der Waals surface area contributed by atoms with Gasteiger partial charge in [-0.05, 0) is 36.8 Å².